The van der Waals surface area contributed by atoms with E-state index in [1.807, 2.05) is 24.0 Å². The zero-order valence-electron chi connectivity index (χ0n) is 18.0. The molecule has 1 saturated carbocycles. The number of methoxy groups -OCH3 is 1. The maximum atomic E-state index is 12.5. The molecule has 0 radical (unpaired) electrons. The summed E-state index contributed by atoms with van der Waals surface area (Å²) >= 11 is 0. The van der Waals surface area contributed by atoms with Crippen LogP contribution in [0, 0.1) is 12.8 Å². The number of benzene rings is 1. The number of nitrogens with one attached hydrogen (secondary N) is 1. The Labute approximate surface area is 178 Å². The fourth-order valence-corrected chi connectivity index (χ4v) is 4.47. The molecule has 0 unspecified atom stereocenters. The van der Waals surface area contributed by atoms with Crippen molar-refractivity contribution < 1.29 is 13.9 Å². The number of nitrogens with zero attached hydrogens (tertiary/aromatic N) is 3. The molecule has 2 aliphatic rings. The molecule has 1 aromatic heterocycles. The lowest BCUT2D eigenvalue weighted by molar-refractivity contribution is 0.190. The van der Waals surface area contributed by atoms with Crippen LogP contribution in [0.15, 0.2) is 28.8 Å². The SMILES string of the molecule is COc1cc(N2CCN(C(=O)NCC3CCCCC3)CC2)ccc1-c1cnc(C)o1. The highest BCUT2D eigenvalue weighted by molar-refractivity contribution is 5.75. The summed E-state index contributed by atoms with van der Waals surface area (Å²) < 4.78 is 11.2. The van der Waals surface area contributed by atoms with Gasteiger partial charge < -0.3 is 24.3 Å². The Morgan fingerprint density at radius 2 is 1.97 bits per heavy atom. The lowest BCUT2D eigenvalue weighted by Crippen LogP contribution is -2.52. The smallest absolute Gasteiger partial charge is 0.317 e. The zero-order chi connectivity index (χ0) is 20.9. The van der Waals surface area contributed by atoms with E-state index in [0.717, 1.165) is 49.7 Å². The molecule has 2 fully saturated rings. The van der Waals surface area contributed by atoms with Gasteiger partial charge in [-0.1, -0.05) is 19.3 Å². The van der Waals surface area contributed by atoms with E-state index in [9.17, 15) is 4.79 Å². The van der Waals surface area contributed by atoms with Gasteiger partial charge in [-0.15, -0.1) is 0 Å². The summed E-state index contributed by atoms with van der Waals surface area (Å²) in [6, 6.07) is 6.20. The Bertz CT molecular complexity index is 852. The van der Waals surface area contributed by atoms with Crippen molar-refractivity contribution in [3.63, 3.8) is 0 Å². The number of aromatic nitrogens is 1. The third-order valence-electron chi connectivity index (χ3n) is 6.27. The number of rotatable bonds is 5. The molecule has 0 bridgehead atoms. The monoisotopic (exact) mass is 412 g/mol. The number of ether oxygens (including phenoxy) is 1. The first-order valence-electron chi connectivity index (χ1n) is 11.0. The van der Waals surface area contributed by atoms with Crippen LogP contribution in [0.4, 0.5) is 10.5 Å². The molecule has 2 amide bonds. The Morgan fingerprint density at radius 1 is 1.20 bits per heavy atom. The molecule has 162 valence electrons. The highest BCUT2D eigenvalue weighted by Gasteiger charge is 2.23. The Balaban J connectivity index is 1.32. The van der Waals surface area contributed by atoms with Gasteiger partial charge in [0.25, 0.3) is 0 Å². The standard InChI is InChI=1S/C23H32N4O3/c1-17-24-16-22(30-17)20-9-8-19(14-21(20)29-2)26-10-12-27(13-11-26)23(28)25-15-18-6-4-3-5-7-18/h8-9,14,16,18H,3-7,10-13,15H2,1-2H3,(H,25,28). The van der Waals surface area contributed by atoms with Crippen LogP contribution in [0.2, 0.25) is 0 Å². The number of anilines is 1. The molecule has 4 rings (SSSR count). The minimum Gasteiger partial charge on any atom is -0.496 e. The molecule has 0 atom stereocenters. The number of carbonyl (C=O) groups is 1. The van der Waals surface area contributed by atoms with Crippen LogP contribution in [0.5, 0.6) is 5.75 Å². The number of urea groups is 1. The highest BCUT2D eigenvalue weighted by Crippen LogP contribution is 2.34. The van der Waals surface area contributed by atoms with E-state index in [0.29, 0.717) is 17.6 Å². The maximum Gasteiger partial charge on any atom is 0.317 e. The van der Waals surface area contributed by atoms with Crippen molar-refractivity contribution in [1.82, 2.24) is 15.2 Å². The van der Waals surface area contributed by atoms with Gasteiger partial charge in [-0.05, 0) is 30.9 Å². The van der Waals surface area contributed by atoms with E-state index in [1.54, 1.807) is 13.3 Å². The van der Waals surface area contributed by atoms with Gasteiger partial charge in [0.05, 0.1) is 18.9 Å². The van der Waals surface area contributed by atoms with Gasteiger partial charge >= 0.3 is 6.03 Å². The van der Waals surface area contributed by atoms with Crippen LogP contribution in [0.25, 0.3) is 11.3 Å². The second-order valence-corrected chi connectivity index (χ2v) is 8.29. The minimum atomic E-state index is 0.0776. The van der Waals surface area contributed by atoms with E-state index in [4.69, 9.17) is 9.15 Å². The van der Waals surface area contributed by atoms with Crippen molar-refractivity contribution in [2.75, 3.05) is 44.7 Å². The highest BCUT2D eigenvalue weighted by atomic mass is 16.5. The molecule has 7 nitrogen and oxygen atoms in total. The quantitative estimate of drug-likeness (QED) is 0.802. The van der Waals surface area contributed by atoms with Crippen molar-refractivity contribution in [2.45, 2.75) is 39.0 Å². The van der Waals surface area contributed by atoms with Crippen LogP contribution in [0.1, 0.15) is 38.0 Å². The summed E-state index contributed by atoms with van der Waals surface area (Å²) in [6.07, 6.45) is 8.17. The minimum absolute atomic E-state index is 0.0776. The second-order valence-electron chi connectivity index (χ2n) is 8.29. The predicted molar refractivity (Wildman–Crippen MR) is 117 cm³/mol. The van der Waals surface area contributed by atoms with Gasteiger partial charge in [0.1, 0.15) is 5.75 Å². The number of piperazine rings is 1. The topological polar surface area (TPSA) is 70.8 Å². The Morgan fingerprint density at radius 3 is 2.63 bits per heavy atom. The molecule has 30 heavy (non-hydrogen) atoms. The van der Waals surface area contributed by atoms with E-state index >= 15 is 0 Å². The molecule has 1 aliphatic carbocycles. The van der Waals surface area contributed by atoms with Gasteiger partial charge in [0.15, 0.2) is 11.7 Å². The number of amides is 2. The third kappa shape index (κ3) is 4.71. The van der Waals surface area contributed by atoms with Gasteiger partial charge in [-0.25, -0.2) is 9.78 Å². The van der Waals surface area contributed by atoms with Crippen LogP contribution in [-0.4, -0.2) is 55.7 Å². The number of hydrogen-bond acceptors (Lipinski definition) is 5. The lowest BCUT2D eigenvalue weighted by Gasteiger charge is -2.36. The molecular weight excluding hydrogens is 380 g/mol. The molecule has 1 saturated heterocycles. The molecule has 2 heterocycles. The van der Waals surface area contributed by atoms with Crippen molar-refractivity contribution in [2.24, 2.45) is 5.92 Å². The average molecular weight is 413 g/mol. The molecule has 1 aromatic carbocycles. The van der Waals surface area contributed by atoms with E-state index in [1.165, 1.54) is 32.1 Å². The summed E-state index contributed by atoms with van der Waals surface area (Å²) in [5, 5.41) is 3.15. The van der Waals surface area contributed by atoms with Crippen LogP contribution < -0.4 is 15.0 Å². The average Bonchev–Trinajstić information content (AvgIpc) is 3.24. The van der Waals surface area contributed by atoms with E-state index < -0.39 is 0 Å². The van der Waals surface area contributed by atoms with Gasteiger partial charge in [0.2, 0.25) is 0 Å². The predicted octanol–water partition coefficient (Wildman–Crippen LogP) is 4.07. The Hall–Kier alpha value is -2.70. The van der Waals surface area contributed by atoms with Gasteiger partial charge in [-0.2, -0.15) is 0 Å². The van der Waals surface area contributed by atoms with Gasteiger partial charge in [-0.3, -0.25) is 0 Å². The first kappa shape index (κ1) is 20.6. The lowest BCUT2D eigenvalue weighted by atomic mass is 9.89. The first-order valence-corrected chi connectivity index (χ1v) is 11.0. The van der Waals surface area contributed by atoms with E-state index in [-0.39, 0.29) is 6.03 Å². The fourth-order valence-electron chi connectivity index (χ4n) is 4.47. The molecule has 0 spiro atoms. The van der Waals surface area contributed by atoms with Crippen LogP contribution in [-0.2, 0) is 0 Å². The normalized spacial score (nSPS) is 17.8. The molecule has 1 N–H and O–H groups in total. The Kier molecular flexibility index (Phi) is 6.45. The van der Waals surface area contributed by atoms with Crippen molar-refractivity contribution >= 4 is 11.7 Å². The molecule has 2 aromatic rings. The second kappa shape index (κ2) is 9.41. The van der Waals surface area contributed by atoms with Crippen LogP contribution in [0.3, 0.4) is 0 Å². The number of aryl methyl sites for hydroxylation is 1. The molecule has 7 heteroatoms. The summed E-state index contributed by atoms with van der Waals surface area (Å²) in [4.78, 5) is 20.9. The molecule has 1 aliphatic heterocycles. The number of oxazole rings is 1. The van der Waals surface area contributed by atoms with Gasteiger partial charge in [0, 0.05) is 51.4 Å². The van der Waals surface area contributed by atoms with Crippen molar-refractivity contribution in [3.8, 4) is 17.1 Å². The zero-order valence-corrected chi connectivity index (χ0v) is 18.0. The maximum absolute atomic E-state index is 12.5. The van der Waals surface area contributed by atoms with Crippen LogP contribution >= 0.6 is 0 Å². The summed E-state index contributed by atoms with van der Waals surface area (Å²) in [5.74, 6) is 2.75. The number of carbonyl (C=O) groups excluding carboxylic acids is 1. The summed E-state index contributed by atoms with van der Waals surface area (Å²) in [5.41, 5.74) is 1.98. The molecular formula is C23H32N4O3. The largest absolute Gasteiger partial charge is 0.496 e. The first-order chi connectivity index (χ1) is 14.6. The fraction of sp³-hybridized carbons (Fsp3) is 0.565. The third-order valence-corrected chi connectivity index (χ3v) is 6.27. The summed E-state index contributed by atoms with van der Waals surface area (Å²) in [6.45, 7) is 5.71. The number of hydrogen-bond donors (Lipinski definition) is 1. The van der Waals surface area contributed by atoms with E-state index in [2.05, 4.69) is 21.3 Å². The van der Waals surface area contributed by atoms with Crippen molar-refractivity contribution in [3.05, 3.63) is 30.3 Å². The summed E-state index contributed by atoms with van der Waals surface area (Å²) in [7, 11) is 1.67. The van der Waals surface area contributed by atoms with Crippen molar-refractivity contribution in [1.29, 1.82) is 0 Å².